The minimum atomic E-state index is -1.49. The van der Waals surface area contributed by atoms with Crippen LogP contribution in [0.5, 0.6) is 0 Å². The first-order valence-electron chi connectivity index (χ1n) is 9.04. The average molecular weight is 387 g/mol. The third-order valence-corrected chi connectivity index (χ3v) is 4.65. The Kier molecular flexibility index (Phi) is 8.23. The van der Waals surface area contributed by atoms with Crippen molar-refractivity contribution >= 4 is 5.78 Å². The van der Waals surface area contributed by atoms with E-state index < -0.39 is 37.3 Å². The molecule has 0 radical (unpaired) electrons. The van der Waals surface area contributed by atoms with Crippen molar-refractivity contribution in [2.45, 2.75) is 69.4 Å². The van der Waals surface area contributed by atoms with E-state index in [0.29, 0.717) is 18.7 Å². The number of ether oxygens (including phenoxy) is 1. The Balaban J connectivity index is 1.98. The standard InChI is InChI=1S/C16H29N5O6/c1-9(23)11(4-2-3-5-17)18-6-10-7-21(20-19-10)16-15(26)14(25)13(24)12(8-22)27-16/h7,11-16,18,22,24-26H,2-6,8,17H2,1H3/t11?,12-,13+,14+,15-,16?/m0/s1. The Labute approximate surface area is 157 Å². The first-order chi connectivity index (χ1) is 12.9. The quantitative estimate of drug-likeness (QED) is 0.234. The maximum Gasteiger partial charge on any atom is 0.180 e. The zero-order chi connectivity index (χ0) is 20.0. The number of Topliss-reactive ketones (excluding diaryl/α,β-unsaturated/α-hetero) is 1. The Morgan fingerprint density at radius 1 is 1.33 bits per heavy atom. The molecule has 0 aliphatic carbocycles. The summed E-state index contributed by atoms with van der Waals surface area (Å²) in [5.74, 6) is 0.0216. The van der Waals surface area contributed by atoms with E-state index >= 15 is 0 Å². The predicted octanol–water partition coefficient (Wildman–Crippen LogP) is -2.57. The summed E-state index contributed by atoms with van der Waals surface area (Å²) in [7, 11) is 0. The van der Waals surface area contributed by atoms with Crippen LogP contribution in [-0.4, -0.2) is 84.8 Å². The second-order valence-corrected chi connectivity index (χ2v) is 6.74. The molecule has 0 spiro atoms. The molecule has 2 unspecified atom stereocenters. The van der Waals surface area contributed by atoms with Gasteiger partial charge in [-0.15, -0.1) is 5.10 Å². The monoisotopic (exact) mass is 387 g/mol. The molecule has 1 aromatic heterocycles. The lowest BCUT2D eigenvalue weighted by Gasteiger charge is -2.39. The summed E-state index contributed by atoms with van der Waals surface area (Å²) in [4.78, 5) is 11.7. The summed E-state index contributed by atoms with van der Waals surface area (Å²) in [5, 5.41) is 50.0. The van der Waals surface area contributed by atoms with Gasteiger partial charge in [-0.3, -0.25) is 4.79 Å². The van der Waals surface area contributed by atoms with E-state index in [2.05, 4.69) is 15.6 Å². The number of rotatable bonds is 10. The predicted molar refractivity (Wildman–Crippen MR) is 93.3 cm³/mol. The smallest absolute Gasteiger partial charge is 0.180 e. The molecular formula is C16H29N5O6. The maximum atomic E-state index is 11.7. The molecule has 0 amide bonds. The van der Waals surface area contributed by atoms with Crippen molar-refractivity contribution in [3.8, 4) is 0 Å². The molecule has 1 aliphatic rings. The Morgan fingerprint density at radius 3 is 2.70 bits per heavy atom. The summed E-state index contributed by atoms with van der Waals surface area (Å²) in [6.07, 6.45) is -2.62. The van der Waals surface area contributed by atoms with E-state index in [-0.39, 0.29) is 18.4 Å². The number of carbonyl (C=O) groups excluding carboxylic acids is 1. The van der Waals surface area contributed by atoms with Crippen LogP contribution < -0.4 is 11.1 Å². The lowest BCUT2D eigenvalue weighted by atomic mass is 9.98. The van der Waals surface area contributed by atoms with Crippen LogP contribution in [0, 0.1) is 0 Å². The highest BCUT2D eigenvalue weighted by Crippen LogP contribution is 2.27. The first kappa shape index (κ1) is 21.8. The Hall–Kier alpha value is -1.47. The minimum Gasteiger partial charge on any atom is -0.394 e. The Bertz CT molecular complexity index is 598. The van der Waals surface area contributed by atoms with Crippen molar-refractivity contribution in [2.24, 2.45) is 5.73 Å². The highest BCUT2D eigenvalue weighted by atomic mass is 16.6. The van der Waals surface area contributed by atoms with Gasteiger partial charge in [-0.25, -0.2) is 4.68 Å². The van der Waals surface area contributed by atoms with Gasteiger partial charge in [0.05, 0.1) is 24.5 Å². The molecule has 11 nitrogen and oxygen atoms in total. The number of ketones is 1. The van der Waals surface area contributed by atoms with Crippen LogP contribution in [0.2, 0.25) is 0 Å². The van der Waals surface area contributed by atoms with E-state index in [1.807, 2.05) is 0 Å². The number of aliphatic hydroxyl groups excluding tert-OH is 4. The molecule has 2 rings (SSSR count). The number of nitrogens with two attached hydrogens (primary N) is 1. The van der Waals surface area contributed by atoms with Gasteiger partial charge in [0, 0.05) is 6.54 Å². The zero-order valence-electron chi connectivity index (χ0n) is 15.3. The molecule has 2 heterocycles. The molecule has 1 aromatic rings. The molecular weight excluding hydrogens is 358 g/mol. The van der Waals surface area contributed by atoms with Crippen LogP contribution in [0.4, 0.5) is 0 Å². The van der Waals surface area contributed by atoms with Crippen LogP contribution in [0.1, 0.15) is 38.1 Å². The van der Waals surface area contributed by atoms with Crippen LogP contribution in [0.3, 0.4) is 0 Å². The fraction of sp³-hybridized carbons (Fsp3) is 0.812. The number of unbranched alkanes of at least 4 members (excludes halogenated alkanes) is 1. The van der Waals surface area contributed by atoms with Gasteiger partial charge in [0.15, 0.2) is 6.23 Å². The van der Waals surface area contributed by atoms with Crippen LogP contribution in [0.15, 0.2) is 6.20 Å². The zero-order valence-corrected chi connectivity index (χ0v) is 15.3. The van der Waals surface area contributed by atoms with Gasteiger partial charge in [-0.05, 0) is 26.3 Å². The van der Waals surface area contributed by atoms with Crippen molar-refractivity contribution in [3.63, 3.8) is 0 Å². The lowest BCUT2D eigenvalue weighted by molar-refractivity contribution is -0.254. The third-order valence-electron chi connectivity index (χ3n) is 4.65. The van der Waals surface area contributed by atoms with Gasteiger partial charge in [0.1, 0.15) is 30.2 Å². The van der Waals surface area contributed by atoms with E-state index in [0.717, 1.165) is 12.8 Å². The lowest BCUT2D eigenvalue weighted by Crippen LogP contribution is -2.56. The fourth-order valence-electron chi connectivity index (χ4n) is 2.99. The summed E-state index contributed by atoms with van der Waals surface area (Å²) in [5.41, 5.74) is 5.98. The summed E-state index contributed by atoms with van der Waals surface area (Å²) in [6.45, 7) is 1.86. The van der Waals surface area contributed by atoms with Crippen molar-refractivity contribution < 1.29 is 30.0 Å². The molecule has 6 atom stereocenters. The Morgan fingerprint density at radius 2 is 2.07 bits per heavy atom. The highest BCUT2D eigenvalue weighted by molar-refractivity contribution is 5.81. The number of nitrogens with zero attached hydrogens (tertiary/aromatic N) is 3. The minimum absolute atomic E-state index is 0.0216. The largest absolute Gasteiger partial charge is 0.394 e. The number of hydrogen-bond acceptors (Lipinski definition) is 10. The molecule has 7 N–H and O–H groups in total. The second-order valence-electron chi connectivity index (χ2n) is 6.74. The van der Waals surface area contributed by atoms with Crippen LogP contribution >= 0.6 is 0 Å². The van der Waals surface area contributed by atoms with Gasteiger partial charge in [-0.1, -0.05) is 11.6 Å². The third kappa shape index (κ3) is 5.51. The highest BCUT2D eigenvalue weighted by Gasteiger charge is 2.44. The fourth-order valence-corrected chi connectivity index (χ4v) is 2.99. The summed E-state index contributed by atoms with van der Waals surface area (Å²) < 4.78 is 6.64. The number of aromatic nitrogens is 3. The van der Waals surface area contributed by atoms with Gasteiger partial charge < -0.3 is 36.2 Å². The van der Waals surface area contributed by atoms with Crippen molar-refractivity contribution in [1.29, 1.82) is 0 Å². The van der Waals surface area contributed by atoms with Crippen LogP contribution in [0.25, 0.3) is 0 Å². The molecule has 1 aliphatic heterocycles. The van der Waals surface area contributed by atoms with Gasteiger partial charge in [-0.2, -0.15) is 0 Å². The number of nitrogens with one attached hydrogen (secondary N) is 1. The molecule has 0 aromatic carbocycles. The summed E-state index contributed by atoms with van der Waals surface area (Å²) in [6, 6.07) is -0.311. The van der Waals surface area contributed by atoms with Crippen molar-refractivity contribution in [1.82, 2.24) is 20.3 Å². The van der Waals surface area contributed by atoms with E-state index in [1.54, 1.807) is 0 Å². The number of hydrogen-bond donors (Lipinski definition) is 6. The van der Waals surface area contributed by atoms with Gasteiger partial charge in [0.25, 0.3) is 0 Å². The molecule has 154 valence electrons. The normalized spacial score (nSPS) is 29.6. The average Bonchev–Trinajstić information content (AvgIpc) is 3.11. The number of aliphatic hydroxyl groups is 4. The van der Waals surface area contributed by atoms with Crippen molar-refractivity contribution in [3.05, 3.63) is 11.9 Å². The van der Waals surface area contributed by atoms with E-state index in [1.165, 1.54) is 17.8 Å². The molecule has 1 fully saturated rings. The van der Waals surface area contributed by atoms with Crippen molar-refractivity contribution in [2.75, 3.05) is 13.2 Å². The van der Waals surface area contributed by atoms with Crippen LogP contribution in [-0.2, 0) is 16.1 Å². The topological polar surface area (TPSA) is 176 Å². The molecule has 27 heavy (non-hydrogen) atoms. The van der Waals surface area contributed by atoms with Gasteiger partial charge >= 0.3 is 0 Å². The molecule has 1 saturated heterocycles. The van der Waals surface area contributed by atoms with E-state index in [9.17, 15) is 25.2 Å². The molecule has 0 bridgehead atoms. The van der Waals surface area contributed by atoms with Gasteiger partial charge in [0.2, 0.25) is 0 Å². The van der Waals surface area contributed by atoms with E-state index in [4.69, 9.17) is 10.5 Å². The number of carbonyl (C=O) groups is 1. The second kappa shape index (κ2) is 10.2. The molecule has 0 saturated carbocycles. The summed E-state index contributed by atoms with van der Waals surface area (Å²) >= 11 is 0. The maximum absolute atomic E-state index is 11.7. The molecule has 11 heteroatoms. The first-order valence-corrected chi connectivity index (χ1v) is 9.04. The SMILES string of the molecule is CC(=O)C(CCCCN)NCc1cn(C2O[C@@H](CO)[C@@H](O)[C@@H](O)[C@@H]2O)nn1.